The molecular formula is C15H20N8. The molecule has 0 aliphatic rings. The predicted octanol–water partition coefficient (Wildman–Crippen LogP) is 0.541. The predicted molar refractivity (Wildman–Crippen MR) is 92.0 cm³/mol. The van der Waals surface area contributed by atoms with Gasteiger partial charge in [0.1, 0.15) is 0 Å². The van der Waals surface area contributed by atoms with Crippen LogP contribution in [0.25, 0.3) is 0 Å². The highest BCUT2D eigenvalue weighted by molar-refractivity contribution is 5.99. The summed E-state index contributed by atoms with van der Waals surface area (Å²) in [6.07, 6.45) is 0. The Balaban J connectivity index is 2.43. The Labute approximate surface area is 134 Å². The van der Waals surface area contributed by atoms with Crippen LogP contribution in [0.5, 0.6) is 0 Å². The van der Waals surface area contributed by atoms with Crippen LogP contribution in [-0.4, -0.2) is 21.2 Å². The van der Waals surface area contributed by atoms with Gasteiger partial charge in [0, 0.05) is 18.8 Å². The van der Waals surface area contributed by atoms with Crippen molar-refractivity contribution >= 4 is 23.3 Å². The Kier molecular flexibility index (Phi) is 4.75. The van der Waals surface area contributed by atoms with Crippen LogP contribution < -0.4 is 22.7 Å². The fraction of sp³-hybridized carbons (Fsp3) is 0.200. The van der Waals surface area contributed by atoms with Gasteiger partial charge in [0.25, 0.3) is 0 Å². The molecule has 0 unspecified atom stereocenters. The minimum atomic E-state index is -0.0857. The summed E-state index contributed by atoms with van der Waals surface area (Å²) < 4.78 is 1.79. The monoisotopic (exact) mass is 312 g/mol. The fourth-order valence-electron chi connectivity index (χ4n) is 1.87. The number of nitrogens with two attached hydrogens (primary N) is 3. The van der Waals surface area contributed by atoms with E-state index in [1.807, 2.05) is 51.2 Å². The van der Waals surface area contributed by atoms with Crippen molar-refractivity contribution in [1.82, 2.24) is 9.55 Å². The molecule has 0 bridgehead atoms. The number of benzene rings is 1. The Morgan fingerprint density at radius 2 is 1.91 bits per heavy atom. The zero-order valence-corrected chi connectivity index (χ0v) is 13.4. The van der Waals surface area contributed by atoms with E-state index in [1.54, 1.807) is 4.57 Å². The minimum Gasteiger partial charge on any atom is -0.369 e. The third kappa shape index (κ3) is 4.16. The SMILES string of the molecule is C/C(=N\N=C(N)N)c1cccc(N=c2cc(C)n(C)c(N)n2)c1. The second kappa shape index (κ2) is 6.73. The summed E-state index contributed by atoms with van der Waals surface area (Å²) in [6.45, 7) is 3.76. The molecule has 0 fully saturated rings. The lowest BCUT2D eigenvalue weighted by molar-refractivity contribution is 0.825. The lowest BCUT2D eigenvalue weighted by atomic mass is 10.1. The van der Waals surface area contributed by atoms with Crippen LogP contribution in [0.1, 0.15) is 18.2 Å². The molecule has 0 saturated heterocycles. The molecule has 120 valence electrons. The molecule has 0 aliphatic heterocycles. The maximum absolute atomic E-state index is 5.86. The van der Waals surface area contributed by atoms with Gasteiger partial charge < -0.3 is 21.8 Å². The van der Waals surface area contributed by atoms with Gasteiger partial charge in [0.05, 0.1) is 11.4 Å². The molecule has 8 heteroatoms. The van der Waals surface area contributed by atoms with Crippen molar-refractivity contribution in [2.24, 2.45) is 33.7 Å². The third-order valence-electron chi connectivity index (χ3n) is 3.26. The minimum absolute atomic E-state index is 0.0857. The molecule has 0 radical (unpaired) electrons. The summed E-state index contributed by atoms with van der Waals surface area (Å²) in [7, 11) is 1.85. The van der Waals surface area contributed by atoms with Crippen LogP contribution in [0.4, 0.5) is 11.6 Å². The second-order valence-electron chi connectivity index (χ2n) is 5.05. The van der Waals surface area contributed by atoms with E-state index in [4.69, 9.17) is 17.2 Å². The van der Waals surface area contributed by atoms with Crippen molar-refractivity contribution < 1.29 is 0 Å². The Bertz CT molecular complexity index is 815. The zero-order valence-electron chi connectivity index (χ0n) is 13.4. The topological polar surface area (TPSA) is 133 Å². The van der Waals surface area contributed by atoms with Crippen LogP contribution in [-0.2, 0) is 7.05 Å². The second-order valence-corrected chi connectivity index (χ2v) is 5.05. The van der Waals surface area contributed by atoms with Crippen molar-refractivity contribution in [1.29, 1.82) is 0 Å². The number of nitrogen functional groups attached to an aromatic ring is 1. The van der Waals surface area contributed by atoms with E-state index in [1.165, 1.54) is 0 Å². The molecule has 1 heterocycles. The lowest BCUT2D eigenvalue weighted by Gasteiger charge is -2.06. The summed E-state index contributed by atoms with van der Waals surface area (Å²) >= 11 is 0. The van der Waals surface area contributed by atoms with Gasteiger partial charge in [-0.1, -0.05) is 12.1 Å². The summed E-state index contributed by atoms with van der Waals surface area (Å²) in [5, 5.41) is 7.60. The molecule has 0 aliphatic carbocycles. The summed E-state index contributed by atoms with van der Waals surface area (Å²) in [5.74, 6) is 0.322. The first-order chi connectivity index (χ1) is 10.9. The first-order valence-electron chi connectivity index (χ1n) is 6.95. The van der Waals surface area contributed by atoms with E-state index in [2.05, 4.69) is 20.2 Å². The normalized spacial score (nSPS) is 12.3. The number of aryl methyl sites for hydroxylation is 1. The van der Waals surface area contributed by atoms with E-state index in [0.717, 1.165) is 16.9 Å². The highest BCUT2D eigenvalue weighted by atomic mass is 15.3. The number of aromatic nitrogens is 2. The summed E-state index contributed by atoms with van der Waals surface area (Å²) in [4.78, 5) is 8.75. The van der Waals surface area contributed by atoms with Gasteiger partial charge in [-0.15, -0.1) is 5.10 Å². The number of hydrogen-bond donors (Lipinski definition) is 3. The first-order valence-corrected chi connectivity index (χ1v) is 6.95. The van der Waals surface area contributed by atoms with E-state index in [0.29, 0.717) is 17.1 Å². The number of guanidine groups is 1. The van der Waals surface area contributed by atoms with E-state index in [-0.39, 0.29) is 5.96 Å². The van der Waals surface area contributed by atoms with Crippen molar-refractivity contribution in [3.05, 3.63) is 47.1 Å². The van der Waals surface area contributed by atoms with Crippen LogP contribution >= 0.6 is 0 Å². The van der Waals surface area contributed by atoms with Crippen LogP contribution in [0.15, 0.2) is 45.5 Å². The average molecular weight is 312 g/mol. The van der Waals surface area contributed by atoms with E-state index < -0.39 is 0 Å². The fourth-order valence-corrected chi connectivity index (χ4v) is 1.87. The van der Waals surface area contributed by atoms with Crippen molar-refractivity contribution in [2.45, 2.75) is 13.8 Å². The van der Waals surface area contributed by atoms with Crippen LogP contribution in [0.2, 0.25) is 0 Å². The molecule has 0 atom stereocenters. The highest BCUT2D eigenvalue weighted by Crippen LogP contribution is 2.14. The first kappa shape index (κ1) is 16.2. The molecule has 2 rings (SSSR count). The van der Waals surface area contributed by atoms with Gasteiger partial charge in [-0.05, 0) is 31.5 Å². The third-order valence-corrected chi connectivity index (χ3v) is 3.26. The standard InChI is InChI=1S/C15H20N8/c1-9-7-13(20-15(18)23(9)3)19-12-6-4-5-11(8-12)10(2)21-22-14(16)17/h4-8H,1-3H3,(H4,16,17,22)(H2,18,19,20)/b21-10+. The maximum atomic E-state index is 5.86. The van der Waals surface area contributed by atoms with E-state index in [9.17, 15) is 0 Å². The summed E-state index contributed by atoms with van der Waals surface area (Å²) in [5.41, 5.74) is 20.2. The molecule has 0 saturated carbocycles. The molecule has 1 aromatic carbocycles. The molecule has 1 aromatic heterocycles. The number of nitrogens with zero attached hydrogens (tertiary/aromatic N) is 5. The zero-order chi connectivity index (χ0) is 17.0. The highest BCUT2D eigenvalue weighted by Gasteiger charge is 2.01. The largest absolute Gasteiger partial charge is 0.369 e. The van der Waals surface area contributed by atoms with E-state index >= 15 is 0 Å². The van der Waals surface area contributed by atoms with Gasteiger partial charge in [-0.2, -0.15) is 10.1 Å². The Morgan fingerprint density at radius 1 is 1.17 bits per heavy atom. The number of anilines is 1. The molecule has 8 nitrogen and oxygen atoms in total. The van der Waals surface area contributed by atoms with Crippen LogP contribution in [0.3, 0.4) is 0 Å². The van der Waals surface area contributed by atoms with Crippen molar-refractivity contribution in [2.75, 3.05) is 5.73 Å². The average Bonchev–Trinajstić information content (AvgIpc) is 2.50. The van der Waals surface area contributed by atoms with Gasteiger partial charge >= 0.3 is 0 Å². The van der Waals surface area contributed by atoms with Crippen molar-refractivity contribution in [3.8, 4) is 0 Å². The lowest BCUT2D eigenvalue weighted by Crippen LogP contribution is -2.22. The van der Waals surface area contributed by atoms with Gasteiger partial charge in [0.15, 0.2) is 5.49 Å². The number of hydrogen-bond acceptors (Lipinski definition) is 5. The van der Waals surface area contributed by atoms with Gasteiger partial charge in [-0.25, -0.2) is 4.99 Å². The summed E-state index contributed by atoms with van der Waals surface area (Å²) in [6, 6.07) is 9.39. The quantitative estimate of drug-likeness (QED) is 0.433. The molecule has 0 spiro atoms. The Hall–Kier alpha value is -3.16. The molecular weight excluding hydrogens is 292 g/mol. The molecule has 6 N–H and O–H groups in total. The molecule has 2 aromatic rings. The molecule has 23 heavy (non-hydrogen) atoms. The van der Waals surface area contributed by atoms with Gasteiger partial charge in [-0.3, -0.25) is 0 Å². The molecule has 0 amide bonds. The number of rotatable bonds is 3. The van der Waals surface area contributed by atoms with Gasteiger partial charge in [0.2, 0.25) is 11.9 Å². The van der Waals surface area contributed by atoms with Crippen LogP contribution in [0, 0.1) is 6.92 Å². The van der Waals surface area contributed by atoms with Crippen molar-refractivity contribution in [3.63, 3.8) is 0 Å². The Morgan fingerprint density at radius 3 is 2.57 bits per heavy atom. The maximum Gasteiger partial charge on any atom is 0.211 e. The smallest absolute Gasteiger partial charge is 0.211 e.